The number of anilines is 2. The Labute approximate surface area is 239 Å². The highest BCUT2D eigenvalue weighted by atomic mass is 32.2. The van der Waals surface area contributed by atoms with Crippen LogP contribution >= 0.6 is 0 Å². The Morgan fingerprint density at radius 1 is 1.29 bits per heavy atom. The number of likely N-dealkylation sites (tertiary alicyclic amines) is 1. The van der Waals surface area contributed by atoms with Crippen LogP contribution in [0.3, 0.4) is 0 Å². The lowest BCUT2D eigenvalue weighted by molar-refractivity contribution is -0.108. The topological polar surface area (TPSA) is 159 Å². The van der Waals surface area contributed by atoms with E-state index in [1.807, 2.05) is 6.92 Å². The van der Waals surface area contributed by atoms with E-state index in [0.29, 0.717) is 69.2 Å². The third-order valence-electron chi connectivity index (χ3n) is 7.43. The van der Waals surface area contributed by atoms with Gasteiger partial charge in [0.1, 0.15) is 6.10 Å². The molecule has 1 aromatic heterocycles. The van der Waals surface area contributed by atoms with E-state index in [2.05, 4.69) is 16.7 Å². The van der Waals surface area contributed by atoms with E-state index in [0.717, 1.165) is 9.87 Å². The Morgan fingerprint density at radius 3 is 2.59 bits per heavy atom. The summed E-state index contributed by atoms with van der Waals surface area (Å²) in [5.41, 5.74) is 1.36. The summed E-state index contributed by atoms with van der Waals surface area (Å²) < 4.78 is 38.7. The summed E-state index contributed by atoms with van der Waals surface area (Å²) in [6.45, 7) is 3.61. The second-order valence-electron chi connectivity index (χ2n) is 10.2. The number of rotatable bonds is 10. The molecular weight excluding hydrogens is 550 g/mol. The van der Waals surface area contributed by atoms with Crippen molar-refractivity contribution in [2.45, 2.75) is 49.1 Å². The van der Waals surface area contributed by atoms with Gasteiger partial charge < -0.3 is 25.0 Å². The van der Waals surface area contributed by atoms with Crippen LogP contribution in [-0.4, -0.2) is 86.4 Å². The van der Waals surface area contributed by atoms with Crippen molar-refractivity contribution < 1.29 is 27.5 Å². The Hall–Kier alpha value is -3.93. The van der Waals surface area contributed by atoms with Crippen LogP contribution in [0.15, 0.2) is 35.4 Å². The summed E-state index contributed by atoms with van der Waals surface area (Å²) in [7, 11) is -0.623. The molecule has 1 unspecified atom stereocenters. The molecule has 1 aromatic carbocycles. The van der Waals surface area contributed by atoms with Crippen LogP contribution in [0.4, 0.5) is 16.3 Å². The molecular formula is C27H35N7O6S. The van der Waals surface area contributed by atoms with Crippen molar-refractivity contribution in [3.05, 3.63) is 41.7 Å². The van der Waals surface area contributed by atoms with E-state index in [9.17, 15) is 23.3 Å². The Balaban J connectivity index is 1.61. The zero-order chi connectivity index (χ0) is 29.6. The van der Waals surface area contributed by atoms with Gasteiger partial charge in [-0.15, -0.1) is 0 Å². The smallest absolute Gasteiger partial charge is 0.410 e. The fourth-order valence-corrected chi connectivity index (χ4v) is 5.85. The average Bonchev–Trinajstić information content (AvgIpc) is 3.58. The van der Waals surface area contributed by atoms with Crippen molar-refractivity contribution in [2.75, 3.05) is 45.7 Å². The number of nitrogens with zero attached hydrogens (tertiary/aromatic N) is 5. The largest absolute Gasteiger partial charge is 0.444 e. The molecule has 1 atom stereocenters. The number of benzene rings is 1. The van der Waals surface area contributed by atoms with Crippen molar-refractivity contribution in [1.82, 2.24) is 24.3 Å². The van der Waals surface area contributed by atoms with E-state index < -0.39 is 15.6 Å². The number of carbonyl (C=O) groups excluding carboxylic acids is 2. The third kappa shape index (κ3) is 6.53. The summed E-state index contributed by atoms with van der Waals surface area (Å²) in [4.78, 5) is 25.5. The zero-order valence-corrected chi connectivity index (χ0v) is 24.2. The first-order valence-electron chi connectivity index (χ1n) is 13.3. The van der Waals surface area contributed by atoms with Crippen molar-refractivity contribution in [1.29, 1.82) is 5.26 Å². The van der Waals surface area contributed by atoms with Crippen LogP contribution in [-0.2, 0) is 29.8 Å². The number of carbonyl (C=O) groups is 2. The van der Waals surface area contributed by atoms with E-state index >= 15 is 0 Å². The number of piperidine rings is 1. The fourth-order valence-electron chi connectivity index (χ4n) is 4.95. The summed E-state index contributed by atoms with van der Waals surface area (Å²) in [5.74, 6) is 0.513. The van der Waals surface area contributed by atoms with Crippen LogP contribution in [0.2, 0.25) is 0 Å². The standard InChI is InChI=1S/C27H35N7O6S/c1-20-24(8-14-29-19-35)34(31-25(20)30-21-4-6-23(7-5-21)41(37,38)32(2)3)27(10-13-28)11-15-33(16-12-27)26(36)40-22-9-17-39-18-22/h4-8,14,19,22H,9-12,15-18H2,1-3H3,(H,29,35)(H,30,31)/b14-8-. The average molecular weight is 586 g/mol. The second kappa shape index (κ2) is 12.7. The number of amides is 2. The molecule has 4 rings (SSSR count). The Kier molecular flexibility index (Phi) is 9.31. The minimum atomic E-state index is -3.57. The molecule has 220 valence electrons. The summed E-state index contributed by atoms with van der Waals surface area (Å²) >= 11 is 0. The minimum Gasteiger partial charge on any atom is -0.444 e. The van der Waals surface area contributed by atoms with E-state index in [1.165, 1.54) is 32.4 Å². The van der Waals surface area contributed by atoms with Gasteiger partial charge in [-0.05, 0) is 50.1 Å². The first-order chi connectivity index (χ1) is 19.6. The van der Waals surface area contributed by atoms with Gasteiger partial charge in [0, 0.05) is 51.1 Å². The van der Waals surface area contributed by atoms with E-state index in [-0.39, 0.29) is 23.5 Å². The van der Waals surface area contributed by atoms with Gasteiger partial charge in [-0.1, -0.05) is 0 Å². The van der Waals surface area contributed by atoms with Crippen molar-refractivity contribution in [2.24, 2.45) is 0 Å². The number of sulfonamides is 1. The van der Waals surface area contributed by atoms with E-state index in [1.54, 1.807) is 27.8 Å². The molecule has 14 heteroatoms. The van der Waals surface area contributed by atoms with Gasteiger partial charge in [0.15, 0.2) is 5.82 Å². The molecule has 0 bridgehead atoms. The second-order valence-corrected chi connectivity index (χ2v) is 12.4. The third-order valence-corrected chi connectivity index (χ3v) is 9.26. The van der Waals surface area contributed by atoms with Gasteiger partial charge in [0.05, 0.1) is 41.8 Å². The molecule has 0 spiro atoms. The molecule has 2 aliphatic rings. The molecule has 0 aliphatic carbocycles. The molecule has 2 aliphatic heterocycles. The van der Waals surface area contributed by atoms with Gasteiger partial charge in [0.2, 0.25) is 16.4 Å². The molecule has 13 nitrogen and oxygen atoms in total. The number of nitriles is 1. The molecule has 2 aromatic rings. The molecule has 3 heterocycles. The first kappa shape index (κ1) is 30.0. The van der Waals surface area contributed by atoms with Crippen molar-refractivity contribution >= 4 is 40.1 Å². The first-order valence-corrected chi connectivity index (χ1v) is 14.7. The highest BCUT2D eigenvalue weighted by Gasteiger charge is 2.41. The highest BCUT2D eigenvalue weighted by Crippen LogP contribution is 2.38. The van der Waals surface area contributed by atoms with Crippen LogP contribution in [0.1, 0.15) is 36.9 Å². The molecule has 0 saturated carbocycles. The zero-order valence-electron chi connectivity index (χ0n) is 23.4. The number of hydrogen-bond donors (Lipinski definition) is 2. The monoisotopic (exact) mass is 585 g/mol. The van der Waals surface area contributed by atoms with E-state index in [4.69, 9.17) is 14.6 Å². The van der Waals surface area contributed by atoms with Crippen LogP contribution in [0.25, 0.3) is 6.08 Å². The Bertz CT molecular complexity index is 1420. The summed E-state index contributed by atoms with van der Waals surface area (Å²) in [5, 5.41) is 20.4. The summed E-state index contributed by atoms with van der Waals surface area (Å²) in [6.07, 6.45) is 4.91. The Morgan fingerprint density at radius 2 is 2.00 bits per heavy atom. The molecule has 0 radical (unpaired) electrons. The number of nitrogens with one attached hydrogen (secondary N) is 2. The number of aromatic nitrogens is 2. The van der Waals surface area contributed by atoms with Gasteiger partial charge in [-0.25, -0.2) is 17.5 Å². The highest BCUT2D eigenvalue weighted by molar-refractivity contribution is 7.89. The molecule has 2 N–H and O–H groups in total. The lowest BCUT2D eigenvalue weighted by Gasteiger charge is -2.41. The van der Waals surface area contributed by atoms with Crippen molar-refractivity contribution in [3.63, 3.8) is 0 Å². The SMILES string of the molecule is Cc1c(Nc2ccc(S(=O)(=O)N(C)C)cc2)nn(C2(CC#N)CCN(C(=O)OC3CCOC3)CC2)c1/C=C\NC=O. The van der Waals surface area contributed by atoms with Crippen LogP contribution in [0.5, 0.6) is 0 Å². The molecule has 41 heavy (non-hydrogen) atoms. The van der Waals surface area contributed by atoms with Crippen LogP contribution in [0, 0.1) is 18.3 Å². The fraction of sp³-hybridized carbons (Fsp3) is 0.481. The van der Waals surface area contributed by atoms with Gasteiger partial charge in [-0.3, -0.25) is 9.48 Å². The predicted molar refractivity (Wildman–Crippen MR) is 151 cm³/mol. The van der Waals surface area contributed by atoms with Gasteiger partial charge in [0.25, 0.3) is 0 Å². The van der Waals surface area contributed by atoms with Crippen LogP contribution < -0.4 is 10.6 Å². The number of hydrogen-bond acceptors (Lipinski definition) is 9. The normalized spacial score (nSPS) is 18.8. The van der Waals surface area contributed by atoms with Gasteiger partial charge >= 0.3 is 6.09 Å². The maximum Gasteiger partial charge on any atom is 0.410 e. The number of ether oxygens (including phenoxy) is 2. The van der Waals surface area contributed by atoms with Crippen molar-refractivity contribution in [3.8, 4) is 6.07 Å². The lowest BCUT2D eigenvalue weighted by atomic mass is 9.84. The molecule has 2 saturated heterocycles. The lowest BCUT2D eigenvalue weighted by Crippen LogP contribution is -2.49. The maximum atomic E-state index is 12.7. The van der Waals surface area contributed by atoms with Gasteiger partial charge in [-0.2, -0.15) is 10.4 Å². The predicted octanol–water partition coefficient (Wildman–Crippen LogP) is 2.53. The maximum absolute atomic E-state index is 12.7. The molecule has 2 fully saturated rings. The quantitative estimate of drug-likeness (QED) is 0.400. The minimum absolute atomic E-state index is 0.159. The molecule has 2 amide bonds. The summed E-state index contributed by atoms with van der Waals surface area (Å²) in [6, 6.07) is 8.64.